The predicted octanol–water partition coefficient (Wildman–Crippen LogP) is 15.9. The Bertz CT molecular complexity index is 939. The molecule has 4 atom stereocenters. The standard InChI is InChI=1S/C56H109NO5/c1-3-5-7-9-11-13-15-17-19-21-23-25-27-28-30-31-33-35-37-39-41-43-45-47-49-53(59)55(61)52(51-58)57-56(62)54(60)50-48-46-44-42-40-38-36-34-32-29-26-24-22-20-18-16-14-12-10-8-6-4-2/h33,35,41,43,52-55,58-61H,3-32,34,36-40,42,44-51H2,1-2H3,(H,57,62)/b35-33+,43-41+. The summed E-state index contributed by atoms with van der Waals surface area (Å²) >= 11 is 0. The number of rotatable bonds is 51. The molecule has 0 rings (SSSR count). The minimum absolute atomic E-state index is 0.365. The number of aliphatic hydroxyl groups is 4. The summed E-state index contributed by atoms with van der Waals surface area (Å²) in [4.78, 5) is 12.6. The molecule has 0 saturated carbocycles. The van der Waals surface area contributed by atoms with Crippen molar-refractivity contribution in [2.45, 2.75) is 321 Å². The highest BCUT2D eigenvalue weighted by atomic mass is 16.3. The Morgan fingerprint density at radius 3 is 1.02 bits per heavy atom. The average Bonchev–Trinajstić information content (AvgIpc) is 3.28. The van der Waals surface area contributed by atoms with Crippen molar-refractivity contribution in [3.8, 4) is 0 Å². The van der Waals surface area contributed by atoms with Gasteiger partial charge in [0.2, 0.25) is 5.91 Å². The second-order valence-corrected chi connectivity index (χ2v) is 19.3. The largest absolute Gasteiger partial charge is 0.394 e. The highest BCUT2D eigenvalue weighted by molar-refractivity contribution is 5.80. The van der Waals surface area contributed by atoms with Crippen molar-refractivity contribution in [3.63, 3.8) is 0 Å². The number of aliphatic hydroxyl groups excluding tert-OH is 4. The first-order valence-corrected chi connectivity index (χ1v) is 27.7. The van der Waals surface area contributed by atoms with Gasteiger partial charge in [-0.2, -0.15) is 0 Å². The third-order valence-corrected chi connectivity index (χ3v) is 13.1. The van der Waals surface area contributed by atoms with E-state index in [0.717, 1.165) is 38.5 Å². The van der Waals surface area contributed by atoms with Crippen LogP contribution in [0.3, 0.4) is 0 Å². The minimum Gasteiger partial charge on any atom is -0.394 e. The second kappa shape index (κ2) is 50.8. The van der Waals surface area contributed by atoms with E-state index in [4.69, 9.17) is 0 Å². The molecule has 0 fully saturated rings. The van der Waals surface area contributed by atoms with Crippen molar-refractivity contribution in [3.05, 3.63) is 24.3 Å². The number of unbranched alkanes of at least 4 members (excludes halogenated alkanes) is 38. The quantitative estimate of drug-likeness (QED) is 0.0309. The lowest BCUT2D eigenvalue weighted by Crippen LogP contribution is -2.53. The lowest BCUT2D eigenvalue weighted by Gasteiger charge is -2.27. The zero-order chi connectivity index (χ0) is 45.2. The fourth-order valence-corrected chi connectivity index (χ4v) is 8.78. The fourth-order valence-electron chi connectivity index (χ4n) is 8.78. The van der Waals surface area contributed by atoms with Crippen molar-refractivity contribution in [1.82, 2.24) is 5.32 Å². The number of allylic oxidation sites excluding steroid dienone is 4. The molecule has 368 valence electrons. The SMILES string of the molecule is CCCCCCCCCCCCCCCCC/C=C/CC/C=C/CCCC(O)C(O)C(CO)NC(=O)C(O)CCCCCCCCCCCCCCCCCCCCCCCC. The Kier molecular flexibility index (Phi) is 49.8. The van der Waals surface area contributed by atoms with Crippen LogP contribution in [0, 0.1) is 0 Å². The third-order valence-electron chi connectivity index (χ3n) is 13.1. The van der Waals surface area contributed by atoms with E-state index in [1.807, 2.05) is 0 Å². The highest BCUT2D eigenvalue weighted by Crippen LogP contribution is 2.18. The normalized spacial score (nSPS) is 14.0. The molecule has 0 radical (unpaired) electrons. The third kappa shape index (κ3) is 44.0. The Balaban J connectivity index is 3.68. The molecular weight excluding hydrogens is 767 g/mol. The van der Waals surface area contributed by atoms with E-state index in [1.54, 1.807) is 0 Å². The van der Waals surface area contributed by atoms with Crippen molar-refractivity contribution >= 4 is 5.91 Å². The molecule has 0 aromatic heterocycles. The summed E-state index contributed by atoms with van der Waals surface area (Å²) in [5.74, 6) is -0.592. The van der Waals surface area contributed by atoms with Gasteiger partial charge in [0.15, 0.2) is 0 Å². The van der Waals surface area contributed by atoms with E-state index < -0.39 is 36.9 Å². The maximum absolute atomic E-state index is 12.6. The first-order valence-electron chi connectivity index (χ1n) is 27.7. The van der Waals surface area contributed by atoms with Gasteiger partial charge in [-0.05, 0) is 51.4 Å². The Hall–Kier alpha value is -1.21. The van der Waals surface area contributed by atoms with Crippen LogP contribution >= 0.6 is 0 Å². The molecule has 6 heteroatoms. The van der Waals surface area contributed by atoms with Crippen LogP contribution in [0.1, 0.15) is 296 Å². The molecule has 4 unspecified atom stereocenters. The smallest absolute Gasteiger partial charge is 0.249 e. The van der Waals surface area contributed by atoms with Crippen LogP contribution in [0.15, 0.2) is 24.3 Å². The van der Waals surface area contributed by atoms with Gasteiger partial charge >= 0.3 is 0 Å². The number of carbonyl (C=O) groups excluding carboxylic acids is 1. The molecule has 0 aliphatic rings. The zero-order valence-corrected chi connectivity index (χ0v) is 41.6. The molecule has 1 amide bonds. The highest BCUT2D eigenvalue weighted by Gasteiger charge is 2.28. The van der Waals surface area contributed by atoms with Gasteiger partial charge in [-0.3, -0.25) is 4.79 Å². The summed E-state index contributed by atoms with van der Waals surface area (Å²) in [7, 11) is 0. The van der Waals surface area contributed by atoms with Crippen molar-refractivity contribution in [1.29, 1.82) is 0 Å². The van der Waals surface area contributed by atoms with Gasteiger partial charge in [0.25, 0.3) is 0 Å². The van der Waals surface area contributed by atoms with E-state index in [-0.39, 0.29) is 0 Å². The molecule has 0 aliphatic heterocycles. The van der Waals surface area contributed by atoms with Gasteiger partial charge in [0, 0.05) is 0 Å². The zero-order valence-electron chi connectivity index (χ0n) is 41.6. The number of carbonyl (C=O) groups is 1. The van der Waals surface area contributed by atoms with Gasteiger partial charge in [0.05, 0.1) is 18.8 Å². The molecule has 0 aromatic carbocycles. The maximum atomic E-state index is 12.6. The topological polar surface area (TPSA) is 110 Å². The van der Waals surface area contributed by atoms with E-state index in [2.05, 4.69) is 43.5 Å². The number of amides is 1. The number of nitrogens with one attached hydrogen (secondary N) is 1. The maximum Gasteiger partial charge on any atom is 0.249 e. The molecule has 0 bridgehead atoms. The first kappa shape index (κ1) is 60.8. The summed E-state index contributed by atoms with van der Waals surface area (Å²) in [6.45, 7) is 4.07. The number of hydrogen-bond donors (Lipinski definition) is 5. The average molecular weight is 876 g/mol. The Morgan fingerprint density at radius 1 is 0.387 bits per heavy atom. The van der Waals surface area contributed by atoms with Crippen LogP contribution in [0.4, 0.5) is 0 Å². The van der Waals surface area contributed by atoms with Crippen molar-refractivity contribution in [2.75, 3.05) is 6.61 Å². The molecule has 0 aromatic rings. The van der Waals surface area contributed by atoms with Gasteiger partial charge in [0.1, 0.15) is 12.2 Å². The van der Waals surface area contributed by atoms with Crippen LogP contribution in [-0.4, -0.2) is 57.3 Å². The summed E-state index contributed by atoms with van der Waals surface area (Å²) in [6, 6.07) is -1.01. The van der Waals surface area contributed by atoms with Gasteiger partial charge in [-0.25, -0.2) is 0 Å². The lowest BCUT2D eigenvalue weighted by molar-refractivity contribution is -0.132. The van der Waals surface area contributed by atoms with Crippen LogP contribution < -0.4 is 5.32 Å². The lowest BCUT2D eigenvalue weighted by atomic mass is 10.00. The summed E-state index contributed by atoms with van der Waals surface area (Å²) < 4.78 is 0. The van der Waals surface area contributed by atoms with Gasteiger partial charge in [-0.1, -0.05) is 269 Å². The first-order chi connectivity index (χ1) is 30.5. The van der Waals surface area contributed by atoms with Gasteiger partial charge < -0.3 is 25.7 Å². The molecule has 5 N–H and O–H groups in total. The van der Waals surface area contributed by atoms with E-state index in [9.17, 15) is 25.2 Å². The van der Waals surface area contributed by atoms with E-state index >= 15 is 0 Å². The van der Waals surface area contributed by atoms with Gasteiger partial charge in [-0.15, -0.1) is 0 Å². The molecule has 0 saturated heterocycles. The van der Waals surface area contributed by atoms with E-state index in [1.165, 1.54) is 225 Å². The van der Waals surface area contributed by atoms with Crippen LogP contribution in [0.25, 0.3) is 0 Å². The molecule has 0 heterocycles. The summed E-state index contributed by atoms with van der Waals surface area (Å²) in [6.07, 6.45) is 61.0. The second-order valence-electron chi connectivity index (χ2n) is 19.3. The fraction of sp³-hybridized carbons (Fsp3) is 0.911. The molecular formula is C56H109NO5. The summed E-state index contributed by atoms with van der Waals surface area (Å²) in [5.41, 5.74) is 0. The molecule has 62 heavy (non-hydrogen) atoms. The summed E-state index contributed by atoms with van der Waals surface area (Å²) in [5, 5.41) is 43.9. The predicted molar refractivity (Wildman–Crippen MR) is 270 cm³/mol. The molecule has 0 aliphatic carbocycles. The van der Waals surface area contributed by atoms with Crippen LogP contribution in [0.2, 0.25) is 0 Å². The monoisotopic (exact) mass is 876 g/mol. The Labute approximate surface area is 386 Å². The van der Waals surface area contributed by atoms with E-state index in [0.29, 0.717) is 19.3 Å². The number of hydrogen-bond acceptors (Lipinski definition) is 5. The minimum atomic E-state index is -1.29. The molecule has 6 nitrogen and oxygen atoms in total. The molecule has 0 spiro atoms. The van der Waals surface area contributed by atoms with Crippen molar-refractivity contribution < 1.29 is 25.2 Å². The van der Waals surface area contributed by atoms with Crippen LogP contribution in [0.5, 0.6) is 0 Å². The van der Waals surface area contributed by atoms with Crippen LogP contribution in [-0.2, 0) is 4.79 Å². The van der Waals surface area contributed by atoms with Crippen molar-refractivity contribution in [2.24, 2.45) is 0 Å². The Morgan fingerprint density at radius 2 is 0.677 bits per heavy atom.